The normalized spacial score (nSPS) is 20.5. The van der Waals surface area contributed by atoms with Crippen molar-refractivity contribution < 1.29 is 18.3 Å². The van der Waals surface area contributed by atoms with Gasteiger partial charge in [-0.3, -0.25) is 9.36 Å². The molecular weight excluding hydrogens is 520 g/mol. The maximum atomic E-state index is 14.5. The van der Waals surface area contributed by atoms with Crippen LogP contribution < -0.4 is 9.64 Å². The van der Waals surface area contributed by atoms with Gasteiger partial charge >= 0.3 is 0 Å². The highest BCUT2D eigenvalue weighted by Gasteiger charge is 2.43. The number of hydrogen-bond donors (Lipinski definition) is 0. The van der Waals surface area contributed by atoms with E-state index < -0.39 is 11.6 Å². The van der Waals surface area contributed by atoms with Crippen molar-refractivity contribution in [3.8, 4) is 11.8 Å². The maximum absolute atomic E-state index is 14.5. The van der Waals surface area contributed by atoms with E-state index >= 15 is 0 Å². The minimum atomic E-state index is -0.519. The first-order valence-corrected chi connectivity index (χ1v) is 14.3. The number of fused-ring (bicyclic) bond motifs is 2. The van der Waals surface area contributed by atoms with Crippen molar-refractivity contribution in [3.63, 3.8) is 0 Å². The topological polar surface area (TPSA) is 84.0 Å². The second-order valence-electron chi connectivity index (χ2n) is 10.3. The number of hydrogen-bond acceptors (Lipinski definition) is 6. The molecule has 5 rings (SSSR count). The molecule has 0 spiro atoms. The fourth-order valence-electron chi connectivity index (χ4n) is 6.11. The van der Waals surface area contributed by atoms with Crippen LogP contribution in [0.1, 0.15) is 50.9 Å². The van der Waals surface area contributed by atoms with Crippen molar-refractivity contribution in [3.05, 3.63) is 66.0 Å². The van der Waals surface area contributed by atoms with Crippen molar-refractivity contribution in [1.82, 2.24) is 14.8 Å². The van der Waals surface area contributed by atoms with E-state index in [1.54, 1.807) is 30.3 Å². The van der Waals surface area contributed by atoms with Crippen molar-refractivity contribution >= 4 is 23.4 Å². The van der Waals surface area contributed by atoms with Crippen molar-refractivity contribution in [2.24, 2.45) is 17.8 Å². The SMILES string of the molecule is C[C@@H]([C@@H]1C[C@H]2CC[C@H]1C2)n1c(COc2ccccc2F)nnc1SCC(=O)N(CCC#N)c1ccccc1F. The molecule has 2 fully saturated rings. The third kappa shape index (κ3) is 5.93. The van der Waals surface area contributed by atoms with Gasteiger partial charge in [0.15, 0.2) is 22.5 Å². The Bertz CT molecular complexity index is 1360. The molecule has 1 heterocycles. The first-order chi connectivity index (χ1) is 19.0. The van der Waals surface area contributed by atoms with Crippen molar-refractivity contribution in [2.75, 3.05) is 17.2 Å². The molecule has 2 bridgehead atoms. The minimum absolute atomic E-state index is 0.00446. The van der Waals surface area contributed by atoms with Crippen LogP contribution in [0.2, 0.25) is 0 Å². The lowest BCUT2D eigenvalue weighted by molar-refractivity contribution is -0.116. The Morgan fingerprint density at radius 2 is 1.92 bits per heavy atom. The molecule has 7 nitrogen and oxygen atoms in total. The summed E-state index contributed by atoms with van der Waals surface area (Å²) in [5.41, 5.74) is 0.147. The summed E-state index contributed by atoms with van der Waals surface area (Å²) >= 11 is 1.23. The van der Waals surface area contributed by atoms with Crippen LogP contribution in [0.15, 0.2) is 53.7 Å². The molecule has 2 saturated carbocycles. The zero-order valence-corrected chi connectivity index (χ0v) is 22.6. The minimum Gasteiger partial charge on any atom is -0.483 e. The molecule has 0 radical (unpaired) electrons. The predicted octanol–water partition coefficient (Wildman–Crippen LogP) is 6.17. The van der Waals surface area contributed by atoms with Gasteiger partial charge in [-0.25, -0.2) is 8.78 Å². The fourth-order valence-corrected chi connectivity index (χ4v) is 7.03. The molecule has 0 unspecified atom stereocenters. The molecule has 10 heteroatoms. The molecule has 0 N–H and O–H groups in total. The molecule has 2 aliphatic rings. The molecule has 1 aromatic heterocycles. The number of nitriles is 1. The van der Waals surface area contributed by atoms with E-state index in [9.17, 15) is 13.6 Å². The number of anilines is 1. The van der Waals surface area contributed by atoms with Gasteiger partial charge in [0.2, 0.25) is 5.91 Å². The quantitative estimate of drug-likeness (QED) is 0.265. The summed E-state index contributed by atoms with van der Waals surface area (Å²) in [5.74, 6) is 1.28. The molecule has 2 aromatic carbocycles. The van der Waals surface area contributed by atoms with Crippen LogP contribution in [-0.4, -0.2) is 33.0 Å². The Morgan fingerprint density at radius 3 is 2.62 bits per heavy atom. The van der Waals surface area contributed by atoms with E-state index in [4.69, 9.17) is 10.00 Å². The number of halogens is 2. The van der Waals surface area contributed by atoms with Crippen LogP contribution in [0.3, 0.4) is 0 Å². The Labute approximate surface area is 231 Å². The largest absolute Gasteiger partial charge is 0.483 e. The third-order valence-electron chi connectivity index (χ3n) is 7.96. The highest BCUT2D eigenvalue weighted by atomic mass is 32.2. The smallest absolute Gasteiger partial charge is 0.237 e. The molecule has 204 valence electrons. The number of benzene rings is 2. The molecule has 0 saturated heterocycles. The Balaban J connectivity index is 1.37. The number of ether oxygens (including phenoxy) is 1. The number of carbonyl (C=O) groups is 1. The molecule has 4 atom stereocenters. The fraction of sp³-hybridized carbons (Fsp3) is 0.448. The first-order valence-electron chi connectivity index (χ1n) is 13.3. The summed E-state index contributed by atoms with van der Waals surface area (Å²) in [6, 6.07) is 14.4. The lowest BCUT2D eigenvalue weighted by Crippen LogP contribution is -2.34. The molecule has 0 aliphatic heterocycles. The number of para-hydroxylation sites is 2. The molecule has 2 aliphatic carbocycles. The van der Waals surface area contributed by atoms with Gasteiger partial charge in [-0.2, -0.15) is 5.26 Å². The lowest BCUT2D eigenvalue weighted by Gasteiger charge is -2.30. The second kappa shape index (κ2) is 12.2. The number of carbonyl (C=O) groups excluding carboxylic acids is 1. The average molecular weight is 552 g/mol. The Morgan fingerprint density at radius 1 is 1.15 bits per heavy atom. The number of thioether (sulfide) groups is 1. The van der Waals surface area contributed by atoms with Gasteiger partial charge in [0.05, 0.1) is 23.9 Å². The van der Waals surface area contributed by atoms with Crippen LogP contribution >= 0.6 is 11.8 Å². The monoisotopic (exact) mass is 551 g/mol. The summed E-state index contributed by atoms with van der Waals surface area (Å²) < 4.78 is 36.5. The molecule has 39 heavy (non-hydrogen) atoms. The summed E-state index contributed by atoms with van der Waals surface area (Å²) in [6.07, 6.45) is 4.98. The highest BCUT2D eigenvalue weighted by molar-refractivity contribution is 7.99. The summed E-state index contributed by atoms with van der Waals surface area (Å²) in [4.78, 5) is 14.6. The molecular formula is C29H31F2N5O2S. The third-order valence-corrected chi connectivity index (χ3v) is 8.89. The van der Waals surface area contributed by atoms with Crippen LogP contribution in [0.25, 0.3) is 0 Å². The van der Waals surface area contributed by atoms with E-state index in [1.807, 2.05) is 10.6 Å². The number of nitrogens with zero attached hydrogens (tertiary/aromatic N) is 5. The maximum Gasteiger partial charge on any atom is 0.237 e. The van der Waals surface area contributed by atoms with Gasteiger partial charge in [0, 0.05) is 12.6 Å². The van der Waals surface area contributed by atoms with Crippen LogP contribution in [0.5, 0.6) is 5.75 Å². The van der Waals surface area contributed by atoms with Crippen LogP contribution in [0, 0.1) is 40.7 Å². The Kier molecular flexibility index (Phi) is 8.46. The van der Waals surface area contributed by atoms with Crippen LogP contribution in [0.4, 0.5) is 14.5 Å². The van der Waals surface area contributed by atoms with E-state index in [2.05, 4.69) is 17.1 Å². The van der Waals surface area contributed by atoms with E-state index in [-0.39, 0.29) is 48.7 Å². The first kappa shape index (κ1) is 27.1. The Hall–Kier alpha value is -3.45. The second-order valence-corrected chi connectivity index (χ2v) is 11.2. The summed E-state index contributed by atoms with van der Waals surface area (Å²) in [7, 11) is 0. The van der Waals surface area contributed by atoms with Gasteiger partial charge in [-0.1, -0.05) is 42.4 Å². The van der Waals surface area contributed by atoms with Gasteiger partial charge in [-0.05, 0) is 68.2 Å². The highest BCUT2D eigenvalue weighted by Crippen LogP contribution is 2.52. The van der Waals surface area contributed by atoms with Gasteiger partial charge in [0.25, 0.3) is 0 Å². The van der Waals surface area contributed by atoms with Crippen LogP contribution in [-0.2, 0) is 11.4 Å². The van der Waals surface area contributed by atoms with Gasteiger partial charge < -0.3 is 9.64 Å². The van der Waals surface area contributed by atoms with Crippen molar-refractivity contribution in [1.29, 1.82) is 5.26 Å². The predicted molar refractivity (Wildman–Crippen MR) is 144 cm³/mol. The zero-order valence-electron chi connectivity index (χ0n) is 21.8. The standard InChI is InChI=1S/C29H31F2N5O2S/c1-19(22-16-20-11-12-21(22)15-20)36-27(17-38-26-10-5-3-8-24(26)31)33-34-29(36)39-18-28(37)35(14-6-13-32)25-9-4-2-7-23(25)30/h2-5,7-10,19-22H,6,11-12,14-18H2,1H3/t19-,20-,21-,22-/m0/s1. The van der Waals surface area contributed by atoms with Crippen molar-refractivity contribution in [2.45, 2.75) is 56.8 Å². The number of amides is 1. The zero-order chi connectivity index (χ0) is 27.4. The summed E-state index contributed by atoms with van der Waals surface area (Å²) in [6.45, 7) is 2.29. The summed E-state index contributed by atoms with van der Waals surface area (Å²) in [5, 5.41) is 18.4. The number of rotatable bonds is 11. The van der Waals surface area contributed by atoms with Gasteiger partial charge in [0.1, 0.15) is 12.4 Å². The number of aromatic nitrogens is 3. The van der Waals surface area contributed by atoms with E-state index in [1.165, 1.54) is 54.1 Å². The van der Waals surface area contributed by atoms with Gasteiger partial charge in [-0.15, -0.1) is 10.2 Å². The van der Waals surface area contributed by atoms with E-state index in [0.29, 0.717) is 22.8 Å². The van der Waals surface area contributed by atoms with E-state index in [0.717, 1.165) is 12.3 Å². The average Bonchev–Trinajstić information content (AvgIpc) is 3.68. The molecule has 1 amide bonds. The lowest BCUT2D eigenvalue weighted by atomic mass is 9.84. The molecule has 3 aromatic rings.